The number of hydrogen-bond donors (Lipinski definition) is 1. The first kappa shape index (κ1) is 9.72. The molecule has 12 heavy (non-hydrogen) atoms. The van der Waals surface area contributed by atoms with Crippen molar-refractivity contribution in [3.63, 3.8) is 0 Å². The molecule has 2 nitrogen and oxygen atoms in total. The summed E-state index contributed by atoms with van der Waals surface area (Å²) in [5, 5.41) is 0. The van der Waals surface area contributed by atoms with E-state index in [0.717, 1.165) is 19.3 Å². The number of carbonyl (C=O) groups excluding carboxylic acids is 1. The topological polar surface area (TPSA) is 43.1 Å². The zero-order valence-corrected chi connectivity index (χ0v) is 7.88. The number of ketones is 1. The minimum absolute atomic E-state index is 0.112. The molecule has 1 atom stereocenters. The van der Waals surface area contributed by atoms with Crippen molar-refractivity contribution in [3.05, 3.63) is 0 Å². The van der Waals surface area contributed by atoms with E-state index in [2.05, 4.69) is 6.92 Å². The molecule has 0 amide bonds. The lowest BCUT2D eigenvalue weighted by atomic mass is 10.0. The van der Waals surface area contributed by atoms with E-state index in [4.69, 9.17) is 5.73 Å². The molecule has 0 aromatic rings. The minimum atomic E-state index is 0.112. The number of rotatable bonds is 6. The number of nitrogens with two attached hydrogens (primary N) is 1. The van der Waals surface area contributed by atoms with E-state index in [1.165, 1.54) is 12.8 Å². The van der Waals surface area contributed by atoms with Crippen LogP contribution >= 0.6 is 0 Å². The summed E-state index contributed by atoms with van der Waals surface area (Å²) in [4.78, 5) is 11.3. The van der Waals surface area contributed by atoms with E-state index < -0.39 is 0 Å². The molecule has 1 aliphatic rings. The van der Waals surface area contributed by atoms with Crippen LogP contribution in [-0.2, 0) is 4.79 Å². The molecule has 1 unspecified atom stereocenters. The molecule has 1 aliphatic carbocycles. The molecule has 1 fully saturated rings. The average Bonchev–Trinajstić information content (AvgIpc) is 2.71. The van der Waals surface area contributed by atoms with Gasteiger partial charge in [0.15, 0.2) is 0 Å². The van der Waals surface area contributed by atoms with E-state index in [-0.39, 0.29) is 6.04 Å². The van der Waals surface area contributed by atoms with Crippen molar-refractivity contribution in [3.8, 4) is 0 Å². The largest absolute Gasteiger partial charge is 0.327 e. The highest BCUT2D eigenvalue weighted by molar-refractivity contribution is 5.79. The van der Waals surface area contributed by atoms with Crippen molar-refractivity contribution in [2.75, 3.05) is 0 Å². The Kier molecular flexibility index (Phi) is 3.73. The quantitative estimate of drug-likeness (QED) is 0.659. The number of hydrogen-bond acceptors (Lipinski definition) is 2. The predicted molar refractivity (Wildman–Crippen MR) is 49.8 cm³/mol. The van der Waals surface area contributed by atoms with Crippen molar-refractivity contribution in [1.82, 2.24) is 0 Å². The van der Waals surface area contributed by atoms with Gasteiger partial charge in [0.1, 0.15) is 5.78 Å². The average molecular weight is 169 g/mol. The molecule has 0 bridgehead atoms. The summed E-state index contributed by atoms with van der Waals surface area (Å²) >= 11 is 0. The van der Waals surface area contributed by atoms with Gasteiger partial charge >= 0.3 is 0 Å². The molecule has 0 heterocycles. The van der Waals surface area contributed by atoms with Gasteiger partial charge in [0.05, 0.1) is 0 Å². The maximum absolute atomic E-state index is 11.3. The molecule has 0 spiro atoms. The fourth-order valence-corrected chi connectivity index (χ4v) is 1.49. The minimum Gasteiger partial charge on any atom is -0.327 e. The van der Waals surface area contributed by atoms with Crippen LogP contribution in [0.3, 0.4) is 0 Å². The van der Waals surface area contributed by atoms with Crippen LogP contribution in [0.2, 0.25) is 0 Å². The van der Waals surface area contributed by atoms with Gasteiger partial charge < -0.3 is 5.73 Å². The standard InChI is InChI=1S/C10H19NO/c1-2-3-9(11)7-10(12)6-8-4-5-8/h8-9H,2-7,11H2,1H3. The molecule has 70 valence electrons. The molecule has 0 aliphatic heterocycles. The lowest BCUT2D eigenvalue weighted by Crippen LogP contribution is -2.23. The van der Waals surface area contributed by atoms with Crippen LogP contribution in [0.5, 0.6) is 0 Å². The molecule has 2 N–H and O–H groups in total. The van der Waals surface area contributed by atoms with E-state index in [1.807, 2.05) is 0 Å². The Bertz CT molecular complexity index is 152. The Morgan fingerprint density at radius 3 is 2.75 bits per heavy atom. The van der Waals surface area contributed by atoms with Crippen molar-refractivity contribution in [1.29, 1.82) is 0 Å². The van der Waals surface area contributed by atoms with E-state index in [0.29, 0.717) is 18.1 Å². The van der Waals surface area contributed by atoms with Gasteiger partial charge in [-0.15, -0.1) is 0 Å². The van der Waals surface area contributed by atoms with Gasteiger partial charge in [0.2, 0.25) is 0 Å². The first-order valence-electron chi connectivity index (χ1n) is 4.99. The maximum Gasteiger partial charge on any atom is 0.134 e. The monoisotopic (exact) mass is 169 g/mol. The second kappa shape index (κ2) is 4.61. The SMILES string of the molecule is CCCC(N)CC(=O)CC1CC1. The second-order valence-electron chi connectivity index (χ2n) is 3.94. The summed E-state index contributed by atoms with van der Waals surface area (Å²) in [6.07, 6.45) is 5.97. The summed E-state index contributed by atoms with van der Waals surface area (Å²) < 4.78 is 0. The van der Waals surface area contributed by atoms with Crippen LogP contribution in [0.4, 0.5) is 0 Å². The zero-order chi connectivity index (χ0) is 8.97. The molecule has 0 radical (unpaired) electrons. The van der Waals surface area contributed by atoms with Gasteiger partial charge in [0.25, 0.3) is 0 Å². The Labute approximate surface area is 74.5 Å². The van der Waals surface area contributed by atoms with Crippen LogP contribution in [0.15, 0.2) is 0 Å². The van der Waals surface area contributed by atoms with E-state index in [1.54, 1.807) is 0 Å². The molecule has 0 saturated heterocycles. The third-order valence-electron chi connectivity index (χ3n) is 2.36. The third kappa shape index (κ3) is 3.86. The van der Waals surface area contributed by atoms with Crippen LogP contribution in [0.25, 0.3) is 0 Å². The maximum atomic E-state index is 11.3. The molecular formula is C10H19NO. The summed E-state index contributed by atoms with van der Waals surface area (Å²) in [7, 11) is 0. The van der Waals surface area contributed by atoms with Crippen molar-refractivity contribution in [2.24, 2.45) is 11.7 Å². The Morgan fingerprint density at radius 2 is 2.25 bits per heavy atom. The first-order chi connectivity index (χ1) is 5.72. The predicted octanol–water partition coefficient (Wildman–Crippen LogP) is 1.87. The molecule has 2 heteroatoms. The van der Waals surface area contributed by atoms with Crippen LogP contribution in [0, 0.1) is 5.92 Å². The smallest absolute Gasteiger partial charge is 0.134 e. The Hall–Kier alpha value is -0.370. The van der Waals surface area contributed by atoms with Crippen molar-refractivity contribution >= 4 is 5.78 Å². The third-order valence-corrected chi connectivity index (χ3v) is 2.36. The van der Waals surface area contributed by atoms with Gasteiger partial charge in [-0.1, -0.05) is 13.3 Å². The fraction of sp³-hybridized carbons (Fsp3) is 0.900. The second-order valence-corrected chi connectivity index (χ2v) is 3.94. The van der Waals surface area contributed by atoms with Crippen molar-refractivity contribution in [2.45, 2.75) is 51.5 Å². The fourth-order valence-electron chi connectivity index (χ4n) is 1.49. The summed E-state index contributed by atoms with van der Waals surface area (Å²) in [6.45, 7) is 2.10. The number of Topliss-reactive ketones (excluding diaryl/α,β-unsaturated/α-hetero) is 1. The normalized spacial score (nSPS) is 19.2. The van der Waals surface area contributed by atoms with E-state index >= 15 is 0 Å². The number of carbonyl (C=O) groups is 1. The van der Waals surface area contributed by atoms with Crippen molar-refractivity contribution < 1.29 is 4.79 Å². The van der Waals surface area contributed by atoms with Crippen LogP contribution < -0.4 is 5.73 Å². The highest BCUT2D eigenvalue weighted by Gasteiger charge is 2.24. The first-order valence-corrected chi connectivity index (χ1v) is 4.99. The van der Waals surface area contributed by atoms with E-state index in [9.17, 15) is 4.79 Å². The lowest BCUT2D eigenvalue weighted by molar-refractivity contribution is -0.119. The Morgan fingerprint density at radius 1 is 1.58 bits per heavy atom. The van der Waals surface area contributed by atoms with Gasteiger partial charge in [-0.05, 0) is 25.2 Å². The van der Waals surface area contributed by atoms with Crippen LogP contribution in [-0.4, -0.2) is 11.8 Å². The van der Waals surface area contributed by atoms with Gasteiger partial charge in [-0.25, -0.2) is 0 Å². The van der Waals surface area contributed by atoms with Crippen LogP contribution in [0.1, 0.15) is 45.4 Å². The summed E-state index contributed by atoms with van der Waals surface area (Å²) in [6, 6.07) is 0.112. The molecule has 0 aromatic heterocycles. The Balaban J connectivity index is 2.06. The summed E-state index contributed by atoms with van der Waals surface area (Å²) in [5.74, 6) is 1.09. The molecule has 1 saturated carbocycles. The lowest BCUT2D eigenvalue weighted by Gasteiger charge is -2.08. The summed E-state index contributed by atoms with van der Waals surface area (Å²) in [5.41, 5.74) is 5.76. The molecule has 1 rings (SSSR count). The van der Waals surface area contributed by atoms with Gasteiger partial charge in [-0.2, -0.15) is 0 Å². The molecule has 0 aromatic carbocycles. The van der Waals surface area contributed by atoms with Gasteiger partial charge in [0, 0.05) is 18.9 Å². The van der Waals surface area contributed by atoms with Gasteiger partial charge in [-0.3, -0.25) is 4.79 Å². The highest BCUT2D eigenvalue weighted by atomic mass is 16.1. The molecular weight excluding hydrogens is 150 g/mol. The highest BCUT2D eigenvalue weighted by Crippen LogP contribution is 2.32. The zero-order valence-electron chi connectivity index (χ0n) is 7.88.